The molecular formula is C17H21N3OS2. The van der Waals surface area contributed by atoms with Crippen molar-refractivity contribution in [3.8, 4) is 0 Å². The minimum absolute atomic E-state index is 0.179. The van der Waals surface area contributed by atoms with Crippen molar-refractivity contribution < 1.29 is 4.79 Å². The third-order valence-corrected chi connectivity index (χ3v) is 6.19. The van der Waals surface area contributed by atoms with E-state index in [9.17, 15) is 4.79 Å². The van der Waals surface area contributed by atoms with E-state index in [1.807, 2.05) is 6.92 Å². The van der Waals surface area contributed by atoms with E-state index in [1.165, 1.54) is 5.56 Å². The molecule has 23 heavy (non-hydrogen) atoms. The number of hydrogen-bond acceptors (Lipinski definition) is 5. The van der Waals surface area contributed by atoms with Crippen molar-refractivity contribution >= 4 is 29.0 Å². The zero-order valence-corrected chi connectivity index (χ0v) is 15.1. The van der Waals surface area contributed by atoms with Gasteiger partial charge in [0, 0.05) is 12.3 Å². The molecule has 0 unspecified atom stereocenters. The summed E-state index contributed by atoms with van der Waals surface area (Å²) in [6.45, 7) is 4.75. The van der Waals surface area contributed by atoms with Gasteiger partial charge in [0.15, 0.2) is 4.34 Å². The van der Waals surface area contributed by atoms with Gasteiger partial charge in [-0.3, -0.25) is 4.79 Å². The van der Waals surface area contributed by atoms with Crippen LogP contribution in [0.15, 0.2) is 28.6 Å². The Balaban J connectivity index is 1.43. The molecule has 122 valence electrons. The summed E-state index contributed by atoms with van der Waals surface area (Å²) in [5.74, 6) is 1.13. The number of amides is 1. The molecule has 4 nitrogen and oxygen atoms in total. The molecule has 1 fully saturated rings. The Kier molecular flexibility index (Phi) is 5.02. The number of carbonyl (C=O) groups is 1. The van der Waals surface area contributed by atoms with E-state index < -0.39 is 0 Å². The van der Waals surface area contributed by atoms with Crippen LogP contribution >= 0.6 is 23.1 Å². The number of nitrogens with zero attached hydrogens (tertiary/aromatic N) is 2. The number of aromatic nitrogens is 2. The molecule has 0 atom stereocenters. The van der Waals surface area contributed by atoms with Crippen molar-refractivity contribution in [2.75, 3.05) is 12.3 Å². The first-order valence-electron chi connectivity index (χ1n) is 7.88. The van der Waals surface area contributed by atoms with Crippen LogP contribution in [0.2, 0.25) is 0 Å². The summed E-state index contributed by atoms with van der Waals surface area (Å²) in [6, 6.07) is 8.36. The van der Waals surface area contributed by atoms with Crippen LogP contribution in [0.4, 0.5) is 0 Å². The van der Waals surface area contributed by atoms with Crippen molar-refractivity contribution in [1.29, 1.82) is 0 Å². The third-order valence-electron chi connectivity index (χ3n) is 4.13. The zero-order chi connectivity index (χ0) is 16.3. The molecule has 3 rings (SSSR count). The highest BCUT2D eigenvalue weighted by molar-refractivity contribution is 8.01. The Bertz CT molecular complexity index is 677. The van der Waals surface area contributed by atoms with Gasteiger partial charge in [0.05, 0.1) is 5.41 Å². The predicted molar refractivity (Wildman–Crippen MR) is 95.1 cm³/mol. The first kappa shape index (κ1) is 16.5. The predicted octanol–water partition coefficient (Wildman–Crippen LogP) is 3.49. The fourth-order valence-corrected chi connectivity index (χ4v) is 4.41. The van der Waals surface area contributed by atoms with Gasteiger partial charge in [0.25, 0.3) is 0 Å². The number of benzene rings is 1. The van der Waals surface area contributed by atoms with Crippen molar-refractivity contribution in [2.24, 2.45) is 0 Å². The molecule has 1 heterocycles. The summed E-state index contributed by atoms with van der Waals surface area (Å²) in [6.07, 6.45) is 2.86. The average Bonchev–Trinajstić information content (AvgIpc) is 3.25. The Hall–Kier alpha value is -1.40. The van der Waals surface area contributed by atoms with Gasteiger partial charge in [-0.15, -0.1) is 10.2 Å². The van der Waals surface area contributed by atoms with Crippen molar-refractivity contribution in [3.05, 3.63) is 40.4 Å². The number of rotatable bonds is 7. The number of thioether (sulfide) groups is 1. The summed E-state index contributed by atoms with van der Waals surface area (Å²) >= 11 is 3.33. The second-order valence-electron chi connectivity index (χ2n) is 5.99. The summed E-state index contributed by atoms with van der Waals surface area (Å²) < 4.78 is 1.01. The van der Waals surface area contributed by atoms with Gasteiger partial charge in [0.1, 0.15) is 5.01 Å². The quantitative estimate of drug-likeness (QED) is 0.615. The molecular weight excluding hydrogens is 326 g/mol. The normalized spacial score (nSPS) is 15.4. The van der Waals surface area contributed by atoms with Crippen LogP contribution < -0.4 is 5.32 Å². The van der Waals surface area contributed by atoms with E-state index in [2.05, 4.69) is 46.7 Å². The molecule has 1 N–H and O–H groups in total. The smallest absolute Gasteiger partial charge is 0.230 e. The molecule has 0 saturated heterocycles. The third kappa shape index (κ3) is 3.93. The highest BCUT2D eigenvalue weighted by Gasteiger charge is 2.50. The van der Waals surface area contributed by atoms with Crippen LogP contribution in [0.1, 0.15) is 35.4 Å². The zero-order valence-electron chi connectivity index (χ0n) is 13.5. The largest absolute Gasteiger partial charge is 0.355 e. The molecule has 2 aromatic rings. The van der Waals surface area contributed by atoms with E-state index >= 15 is 0 Å². The molecule has 1 amide bonds. The fourth-order valence-electron chi connectivity index (χ4n) is 2.58. The lowest BCUT2D eigenvalue weighted by atomic mass is 9.94. The van der Waals surface area contributed by atoms with Crippen LogP contribution in [0, 0.1) is 13.8 Å². The van der Waals surface area contributed by atoms with Gasteiger partial charge in [0.2, 0.25) is 5.91 Å². The van der Waals surface area contributed by atoms with Crippen LogP contribution in [0.3, 0.4) is 0 Å². The monoisotopic (exact) mass is 347 g/mol. The van der Waals surface area contributed by atoms with E-state index in [1.54, 1.807) is 23.1 Å². The molecule has 1 aliphatic rings. The van der Waals surface area contributed by atoms with Gasteiger partial charge in [-0.1, -0.05) is 52.9 Å². The van der Waals surface area contributed by atoms with Crippen molar-refractivity contribution in [1.82, 2.24) is 15.5 Å². The average molecular weight is 348 g/mol. The van der Waals surface area contributed by atoms with Crippen LogP contribution in [0.5, 0.6) is 0 Å². The molecule has 0 radical (unpaired) electrons. The van der Waals surface area contributed by atoms with Crippen LogP contribution in [0.25, 0.3) is 0 Å². The molecule has 1 aromatic carbocycles. The maximum Gasteiger partial charge on any atom is 0.230 e. The summed E-state index contributed by atoms with van der Waals surface area (Å²) in [4.78, 5) is 12.5. The van der Waals surface area contributed by atoms with Crippen LogP contribution in [-0.4, -0.2) is 28.4 Å². The van der Waals surface area contributed by atoms with Gasteiger partial charge in [-0.05, 0) is 38.7 Å². The maximum atomic E-state index is 12.5. The Morgan fingerprint density at radius 1 is 1.26 bits per heavy atom. The highest BCUT2D eigenvalue weighted by Crippen LogP contribution is 2.48. The van der Waals surface area contributed by atoms with Gasteiger partial charge >= 0.3 is 0 Å². The molecule has 1 aromatic heterocycles. The Labute approximate surface area is 145 Å². The van der Waals surface area contributed by atoms with Gasteiger partial charge in [-0.2, -0.15) is 0 Å². The van der Waals surface area contributed by atoms with E-state index in [-0.39, 0.29) is 11.3 Å². The first-order chi connectivity index (χ1) is 11.1. The minimum Gasteiger partial charge on any atom is -0.355 e. The first-order valence-corrected chi connectivity index (χ1v) is 9.69. The molecule has 1 saturated carbocycles. The molecule has 0 bridgehead atoms. The molecule has 1 aliphatic carbocycles. The summed E-state index contributed by atoms with van der Waals surface area (Å²) in [7, 11) is 0. The lowest BCUT2D eigenvalue weighted by molar-refractivity contribution is -0.123. The number of aryl methyl sites for hydroxylation is 2. The molecule has 0 aliphatic heterocycles. The maximum absolute atomic E-state index is 12.5. The fraction of sp³-hybridized carbons (Fsp3) is 0.471. The SMILES string of the molecule is Cc1ccc(C2(C(=O)NCCCSc3nnc(C)s3)CC2)cc1. The highest BCUT2D eigenvalue weighted by atomic mass is 32.2. The number of carbonyl (C=O) groups excluding carboxylic acids is 1. The van der Waals surface area contributed by atoms with Crippen molar-refractivity contribution in [3.63, 3.8) is 0 Å². The topological polar surface area (TPSA) is 54.9 Å². The van der Waals surface area contributed by atoms with Crippen LogP contribution in [-0.2, 0) is 10.2 Å². The number of hydrogen-bond donors (Lipinski definition) is 1. The minimum atomic E-state index is -0.267. The number of nitrogens with one attached hydrogen (secondary N) is 1. The summed E-state index contributed by atoms with van der Waals surface area (Å²) in [5.41, 5.74) is 2.12. The standard InChI is InChI=1S/C17H21N3OS2/c1-12-4-6-14(7-5-12)17(8-9-17)15(21)18-10-3-11-22-16-20-19-13(2)23-16/h4-7H,3,8-11H2,1-2H3,(H,18,21). The van der Waals surface area contributed by atoms with Gasteiger partial charge in [-0.25, -0.2) is 0 Å². The van der Waals surface area contributed by atoms with E-state index in [0.29, 0.717) is 0 Å². The summed E-state index contributed by atoms with van der Waals surface area (Å²) in [5, 5.41) is 12.2. The molecule has 6 heteroatoms. The second kappa shape index (κ2) is 7.01. The van der Waals surface area contributed by atoms with Gasteiger partial charge < -0.3 is 5.32 Å². The lowest BCUT2D eigenvalue weighted by Gasteiger charge is -2.16. The van der Waals surface area contributed by atoms with E-state index in [4.69, 9.17) is 0 Å². The Morgan fingerprint density at radius 2 is 2.00 bits per heavy atom. The van der Waals surface area contributed by atoms with E-state index in [0.717, 1.165) is 46.5 Å². The lowest BCUT2D eigenvalue weighted by Crippen LogP contribution is -2.35. The second-order valence-corrected chi connectivity index (χ2v) is 8.52. The van der Waals surface area contributed by atoms with Crippen molar-refractivity contribution in [2.45, 2.75) is 42.9 Å². The Morgan fingerprint density at radius 3 is 2.61 bits per heavy atom. The molecule has 0 spiro atoms.